The van der Waals surface area contributed by atoms with Crippen LogP contribution in [-0.4, -0.2) is 106 Å². The minimum atomic E-state index is -3.76. The molecule has 0 N–H and O–H groups in total. The average Bonchev–Trinajstić information content (AvgIpc) is 3.40. The molecule has 0 aromatic heterocycles. The molecular weight excluding hydrogens is 598 g/mol. The summed E-state index contributed by atoms with van der Waals surface area (Å²) in [6.07, 6.45) is 0.158. The molecule has 0 spiro atoms. The number of benzene rings is 2. The Kier molecular flexibility index (Phi) is 12.7. The zero-order chi connectivity index (χ0) is 33.4. The number of carbonyl (C=O) groups is 2. The summed E-state index contributed by atoms with van der Waals surface area (Å²) in [6.45, 7) is 10.7. The molecule has 0 saturated carbocycles. The average molecular weight is 648 g/mol. The molecule has 1 aliphatic heterocycles. The van der Waals surface area contributed by atoms with E-state index in [1.54, 1.807) is 82.3 Å². The van der Waals surface area contributed by atoms with Crippen LogP contribution in [-0.2, 0) is 25.2 Å². The van der Waals surface area contributed by atoms with Crippen molar-refractivity contribution in [3.63, 3.8) is 0 Å². The van der Waals surface area contributed by atoms with Crippen LogP contribution < -0.4 is 9.47 Å². The van der Waals surface area contributed by atoms with Crippen molar-refractivity contribution < 1.29 is 37.0 Å². The highest BCUT2D eigenvalue weighted by atomic mass is 32.2. The summed E-state index contributed by atoms with van der Waals surface area (Å²) < 4.78 is 50.7. The van der Waals surface area contributed by atoms with Gasteiger partial charge in [0.15, 0.2) is 11.5 Å². The van der Waals surface area contributed by atoms with Crippen LogP contribution in [0.25, 0.3) is 0 Å². The van der Waals surface area contributed by atoms with Crippen LogP contribution in [0.5, 0.6) is 11.5 Å². The van der Waals surface area contributed by atoms with Gasteiger partial charge >= 0.3 is 6.09 Å². The summed E-state index contributed by atoms with van der Waals surface area (Å²) in [4.78, 5) is 30.4. The molecule has 0 bridgehead atoms. The van der Waals surface area contributed by atoms with Crippen molar-refractivity contribution in [1.29, 1.82) is 0 Å². The van der Waals surface area contributed by atoms with E-state index in [1.165, 1.54) is 16.3 Å². The minimum absolute atomic E-state index is 0.145. The number of sulfonamides is 1. The summed E-state index contributed by atoms with van der Waals surface area (Å²) in [5.41, 5.74) is 0.365. The molecule has 2 atom stereocenters. The van der Waals surface area contributed by atoms with Crippen molar-refractivity contribution in [1.82, 2.24) is 14.1 Å². The Balaban J connectivity index is 1.90. The van der Waals surface area contributed by atoms with Crippen LogP contribution in [0.1, 0.15) is 57.0 Å². The van der Waals surface area contributed by atoms with E-state index in [0.29, 0.717) is 42.3 Å². The molecule has 2 amide bonds. The number of likely N-dealkylation sites (tertiary alicyclic amines) is 1. The van der Waals surface area contributed by atoms with Gasteiger partial charge in [-0.25, -0.2) is 13.2 Å². The lowest BCUT2D eigenvalue weighted by Crippen LogP contribution is -2.48. The third-order valence-corrected chi connectivity index (χ3v) is 9.48. The molecule has 2 aromatic carbocycles. The van der Waals surface area contributed by atoms with Crippen LogP contribution in [0.3, 0.4) is 0 Å². The lowest BCUT2D eigenvalue weighted by molar-refractivity contribution is 0.0281. The van der Waals surface area contributed by atoms with Crippen molar-refractivity contribution in [2.45, 2.75) is 64.5 Å². The van der Waals surface area contributed by atoms with E-state index < -0.39 is 27.8 Å². The van der Waals surface area contributed by atoms with E-state index in [0.717, 1.165) is 0 Å². The van der Waals surface area contributed by atoms with E-state index in [1.807, 2.05) is 19.9 Å². The Morgan fingerprint density at radius 3 is 2.29 bits per heavy atom. The van der Waals surface area contributed by atoms with E-state index >= 15 is 0 Å². The Morgan fingerprint density at radius 2 is 1.69 bits per heavy atom. The largest absolute Gasteiger partial charge is 0.493 e. The first kappa shape index (κ1) is 36.1. The molecule has 1 fully saturated rings. The van der Waals surface area contributed by atoms with Crippen molar-refractivity contribution in [2.75, 3.05) is 54.1 Å². The fourth-order valence-corrected chi connectivity index (χ4v) is 6.74. The Labute approximate surface area is 268 Å². The number of nitrogens with zero attached hydrogens (tertiary/aromatic N) is 3. The first-order valence-electron chi connectivity index (χ1n) is 15.2. The molecule has 2 aromatic rings. The minimum Gasteiger partial charge on any atom is -0.493 e. The molecule has 1 saturated heterocycles. The number of likely N-dealkylation sites (N-methyl/N-ethyl adjacent to an activating group) is 1. The quantitative estimate of drug-likeness (QED) is 0.272. The highest BCUT2D eigenvalue weighted by molar-refractivity contribution is 7.88. The summed E-state index contributed by atoms with van der Waals surface area (Å²) in [5, 5.41) is 0. The molecule has 11 nitrogen and oxygen atoms in total. The van der Waals surface area contributed by atoms with Crippen molar-refractivity contribution in [3.05, 3.63) is 59.7 Å². The van der Waals surface area contributed by atoms with Gasteiger partial charge in [0.1, 0.15) is 5.60 Å². The van der Waals surface area contributed by atoms with Gasteiger partial charge in [-0.2, -0.15) is 4.31 Å². The number of methoxy groups -OCH3 is 2. The topological polar surface area (TPSA) is 115 Å². The molecule has 0 unspecified atom stereocenters. The van der Waals surface area contributed by atoms with Crippen LogP contribution in [0.4, 0.5) is 4.79 Å². The van der Waals surface area contributed by atoms with E-state index in [-0.39, 0.29) is 43.3 Å². The maximum absolute atomic E-state index is 14.0. The van der Waals surface area contributed by atoms with Gasteiger partial charge in [0.05, 0.1) is 19.5 Å². The zero-order valence-electron chi connectivity index (χ0n) is 27.8. The maximum Gasteiger partial charge on any atom is 0.410 e. The first-order valence-corrected chi connectivity index (χ1v) is 16.9. The highest BCUT2D eigenvalue weighted by Gasteiger charge is 2.44. The Bertz CT molecular complexity index is 1380. The fraction of sp³-hybridized carbons (Fsp3) is 0.576. The summed E-state index contributed by atoms with van der Waals surface area (Å²) in [7, 11) is 0.955. The van der Waals surface area contributed by atoms with Gasteiger partial charge in [-0.3, -0.25) is 4.79 Å². The van der Waals surface area contributed by atoms with Gasteiger partial charge in [0, 0.05) is 70.4 Å². The molecule has 1 aliphatic rings. The number of ether oxygens (including phenoxy) is 4. The van der Waals surface area contributed by atoms with Crippen molar-refractivity contribution >= 4 is 22.0 Å². The maximum atomic E-state index is 14.0. The lowest BCUT2D eigenvalue weighted by atomic mass is 10.0. The van der Waals surface area contributed by atoms with Crippen LogP contribution >= 0.6 is 0 Å². The highest BCUT2D eigenvalue weighted by Crippen LogP contribution is 2.31. The molecule has 250 valence electrons. The van der Waals surface area contributed by atoms with Gasteiger partial charge in [-0.15, -0.1) is 0 Å². The van der Waals surface area contributed by atoms with Crippen LogP contribution in [0, 0.1) is 5.92 Å². The molecule has 0 radical (unpaired) electrons. The SMILES string of the molecule is COCCCOc1cc(C(=O)N(C[C@@H]2CN(C(=O)OC(C)(C)C)C[C@H]2N(C)S(=O)(=O)Cc2ccccc2)C(C)C)ccc1OC. The fourth-order valence-electron chi connectivity index (χ4n) is 5.27. The Hall–Kier alpha value is -3.35. The second-order valence-corrected chi connectivity index (χ2v) is 14.6. The van der Waals surface area contributed by atoms with Crippen LogP contribution in [0.2, 0.25) is 0 Å². The van der Waals surface area contributed by atoms with Gasteiger partial charge in [0.2, 0.25) is 10.0 Å². The van der Waals surface area contributed by atoms with Gasteiger partial charge < -0.3 is 28.7 Å². The number of hydrogen-bond donors (Lipinski definition) is 0. The third kappa shape index (κ3) is 10.1. The summed E-state index contributed by atoms with van der Waals surface area (Å²) in [6, 6.07) is 13.2. The molecule has 0 aliphatic carbocycles. The third-order valence-electron chi connectivity index (χ3n) is 7.63. The summed E-state index contributed by atoms with van der Waals surface area (Å²) >= 11 is 0. The first-order chi connectivity index (χ1) is 21.2. The molecule has 1 heterocycles. The second kappa shape index (κ2) is 15.8. The zero-order valence-corrected chi connectivity index (χ0v) is 28.6. The second-order valence-electron chi connectivity index (χ2n) is 12.6. The van der Waals surface area contributed by atoms with E-state index in [4.69, 9.17) is 18.9 Å². The molecule has 45 heavy (non-hydrogen) atoms. The number of rotatable bonds is 14. The van der Waals surface area contributed by atoms with Crippen LogP contribution in [0.15, 0.2) is 48.5 Å². The Morgan fingerprint density at radius 1 is 1.00 bits per heavy atom. The van der Waals surface area contributed by atoms with Crippen molar-refractivity contribution in [2.24, 2.45) is 5.92 Å². The van der Waals surface area contributed by atoms with Crippen molar-refractivity contribution in [3.8, 4) is 11.5 Å². The number of carbonyl (C=O) groups excluding carboxylic acids is 2. The molecule has 12 heteroatoms. The van der Waals surface area contributed by atoms with E-state index in [9.17, 15) is 18.0 Å². The van der Waals surface area contributed by atoms with Gasteiger partial charge in [0.25, 0.3) is 5.91 Å². The lowest BCUT2D eigenvalue weighted by Gasteiger charge is -2.34. The molecular formula is C33H49N3O8S. The number of hydrogen-bond acceptors (Lipinski definition) is 8. The summed E-state index contributed by atoms with van der Waals surface area (Å²) in [5.74, 6) is 0.172. The predicted octanol–water partition coefficient (Wildman–Crippen LogP) is 4.66. The standard InChI is InChI=1S/C33H49N3O8S/c1-24(2)36(31(37)26-15-16-29(42-8)30(19-26)43-18-12-17-41-7)21-27-20-35(32(38)44-33(3,4)5)22-28(27)34(6)45(39,40)23-25-13-10-9-11-14-25/h9-11,13-16,19,24,27-28H,12,17-18,20-23H2,1-8H3/t27-,28+/m0/s1. The van der Waals surface area contributed by atoms with Gasteiger partial charge in [-0.05, 0) is 58.4 Å². The number of amides is 2. The molecule has 3 rings (SSSR count). The normalized spacial score (nSPS) is 17.1. The van der Waals surface area contributed by atoms with E-state index in [2.05, 4.69) is 0 Å². The predicted molar refractivity (Wildman–Crippen MR) is 173 cm³/mol. The smallest absolute Gasteiger partial charge is 0.410 e. The van der Waals surface area contributed by atoms with Gasteiger partial charge in [-0.1, -0.05) is 30.3 Å². The monoisotopic (exact) mass is 647 g/mol.